The van der Waals surface area contributed by atoms with Crippen LogP contribution in [0.4, 0.5) is 4.39 Å². The van der Waals surface area contributed by atoms with Gasteiger partial charge in [-0.15, -0.1) is 0 Å². The Labute approximate surface area is 108 Å². The van der Waals surface area contributed by atoms with Crippen molar-refractivity contribution in [3.8, 4) is 0 Å². The third kappa shape index (κ3) is 3.79. The predicted octanol–water partition coefficient (Wildman–Crippen LogP) is 3.39. The van der Waals surface area contributed by atoms with Crippen molar-refractivity contribution in [2.75, 3.05) is 6.61 Å². The largest absolute Gasteiger partial charge is 0.375 e. The lowest BCUT2D eigenvalue weighted by atomic mass is 9.92. The van der Waals surface area contributed by atoms with Gasteiger partial charge >= 0.3 is 0 Å². The monoisotopic (exact) mass is 251 g/mol. The van der Waals surface area contributed by atoms with Gasteiger partial charge in [0.25, 0.3) is 0 Å². The number of hydrogen-bond donors (Lipinski definition) is 1. The second-order valence-corrected chi connectivity index (χ2v) is 5.36. The van der Waals surface area contributed by atoms with E-state index < -0.39 is 0 Å². The van der Waals surface area contributed by atoms with Gasteiger partial charge < -0.3 is 10.5 Å². The van der Waals surface area contributed by atoms with E-state index in [0.717, 1.165) is 12.8 Å². The van der Waals surface area contributed by atoms with Gasteiger partial charge in [0.1, 0.15) is 5.82 Å². The number of nitrogens with two attached hydrogens (primary N) is 1. The number of rotatable bonds is 4. The van der Waals surface area contributed by atoms with Crippen molar-refractivity contribution in [3.05, 3.63) is 35.6 Å². The molecule has 0 unspecified atom stereocenters. The second-order valence-electron chi connectivity index (χ2n) is 5.36. The molecule has 0 amide bonds. The molecule has 1 aliphatic rings. The van der Waals surface area contributed by atoms with E-state index in [0.29, 0.717) is 18.8 Å². The molecule has 0 atom stereocenters. The van der Waals surface area contributed by atoms with Gasteiger partial charge in [0, 0.05) is 11.1 Å². The molecule has 2 N–H and O–H groups in total. The van der Waals surface area contributed by atoms with E-state index in [4.69, 9.17) is 10.5 Å². The van der Waals surface area contributed by atoms with E-state index in [1.54, 1.807) is 12.1 Å². The highest BCUT2D eigenvalue weighted by Gasteiger charge is 2.26. The van der Waals surface area contributed by atoms with Gasteiger partial charge in [-0.05, 0) is 18.9 Å². The zero-order chi connectivity index (χ0) is 12.8. The molecule has 2 nitrogen and oxygen atoms in total. The first kappa shape index (κ1) is 13.5. The normalized spacial score (nSPS) is 19.4. The van der Waals surface area contributed by atoms with Crippen LogP contribution in [-0.2, 0) is 11.3 Å². The Morgan fingerprint density at radius 2 is 1.78 bits per heavy atom. The molecule has 0 spiro atoms. The van der Waals surface area contributed by atoms with Gasteiger partial charge in [-0.25, -0.2) is 4.39 Å². The van der Waals surface area contributed by atoms with E-state index in [-0.39, 0.29) is 11.4 Å². The van der Waals surface area contributed by atoms with Crippen molar-refractivity contribution >= 4 is 0 Å². The van der Waals surface area contributed by atoms with E-state index >= 15 is 0 Å². The first-order chi connectivity index (χ1) is 8.70. The molecule has 0 aliphatic heterocycles. The van der Waals surface area contributed by atoms with Crippen molar-refractivity contribution in [1.29, 1.82) is 0 Å². The third-order valence-electron chi connectivity index (χ3n) is 3.70. The second kappa shape index (κ2) is 6.30. The summed E-state index contributed by atoms with van der Waals surface area (Å²) in [5.74, 6) is -0.204. The van der Waals surface area contributed by atoms with Crippen LogP contribution in [0.5, 0.6) is 0 Å². The van der Waals surface area contributed by atoms with Crippen molar-refractivity contribution in [2.24, 2.45) is 5.73 Å². The van der Waals surface area contributed by atoms with Crippen LogP contribution < -0.4 is 5.73 Å². The van der Waals surface area contributed by atoms with Crippen LogP contribution in [-0.4, -0.2) is 12.1 Å². The summed E-state index contributed by atoms with van der Waals surface area (Å²) < 4.78 is 19.0. The van der Waals surface area contributed by atoms with Gasteiger partial charge in [0.15, 0.2) is 0 Å². The Balaban J connectivity index is 1.82. The molecule has 0 radical (unpaired) electrons. The van der Waals surface area contributed by atoms with Crippen molar-refractivity contribution in [2.45, 2.75) is 50.7 Å². The van der Waals surface area contributed by atoms with Gasteiger partial charge in [-0.1, -0.05) is 43.9 Å². The smallest absolute Gasteiger partial charge is 0.128 e. The summed E-state index contributed by atoms with van der Waals surface area (Å²) in [5.41, 5.74) is 6.74. The predicted molar refractivity (Wildman–Crippen MR) is 70.7 cm³/mol. The molecule has 1 aromatic carbocycles. The molecule has 3 heteroatoms. The van der Waals surface area contributed by atoms with Crippen molar-refractivity contribution < 1.29 is 9.13 Å². The van der Waals surface area contributed by atoms with Gasteiger partial charge in [-0.2, -0.15) is 0 Å². The van der Waals surface area contributed by atoms with Crippen molar-refractivity contribution in [3.63, 3.8) is 0 Å². The SMILES string of the molecule is NC1(COCc2ccccc2F)CCCCCC1. The molecule has 1 aliphatic carbocycles. The average Bonchev–Trinajstić information content (AvgIpc) is 2.57. The van der Waals surface area contributed by atoms with Crippen LogP contribution in [0.1, 0.15) is 44.1 Å². The summed E-state index contributed by atoms with van der Waals surface area (Å²) in [7, 11) is 0. The maximum absolute atomic E-state index is 13.4. The fourth-order valence-corrected chi connectivity index (χ4v) is 2.56. The van der Waals surface area contributed by atoms with Gasteiger partial charge in [-0.3, -0.25) is 0 Å². The van der Waals surface area contributed by atoms with Gasteiger partial charge in [0.05, 0.1) is 13.2 Å². The molecular weight excluding hydrogens is 229 g/mol. The fraction of sp³-hybridized carbons (Fsp3) is 0.600. The van der Waals surface area contributed by atoms with Crippen LogP contribution in [0.15, 0.2) is 24.3 Å². The number of benzene rings is 1. The molecule has 0 aromatic heterocycles. The summed E-state index contributed by atoms with van der Waals surface area (Å²) in [6, 6.07) is 6.73. The zero-order valence-electron chi connectivity index (χ0n) is 10.8. The zero-order valence-corrected chi connectivity index (χ0v) is 10.8. The highest BCUT2D eigenvalue weighted by Crippen LogP contribution is 2.25. The Morgan fingerprint density at radius 3 is 2.44 bits per heavy atom. The topological polar surface area (TPSA) is 35.2 Å². The van der Waals surface area contributed by atoms with Crippen LogP contribution in [0.2, 0.25) is 0 Å². The van der Waals surface area contributed by atoms with E-state index in [9.17, 15) is 4.39 Å². The molecule has 18 heavy (non-hydrogen) atoms. The maximum atomic E-state index is 13.4. The van der Waals surface area contributed by atoms with Crippen LogP contribution in [0, 0.1) is 5.82 Å². The Bertz CT molecular complexity index is 373. The number of halogens is 1. The fourth-order valence-electron chi connectivity index (χ4n) is 2.56. The van der Waals surface area contributed by atoms with E-state index in [1.807, 2.05) is 6.07 Å². The standard InChI is InChI=1S/C15H22FNO/c16-14-8-4-3-7-13(14)11-18-12-15(17)9-5-1-2-6-10-15/h3-4,7-8H,1-2,5-6,9-12,17H2. The van der Waals surface area contributed by atoms with Gasteiger partial charge in [0.2, 0.25) is 0 Å². The van der Waals surface area contributed by atoms with Crippen LogP contribution in [0.3, 0.4) is 0 Å². The van der Waals surface area contributed by atoms with Crippen molar-refractivity contribution in [1.82, 2.24) is 0 Å². The highest BCUT2D eigenvalue weighted by atomic mass is 19.1. The first-order valence-corrected chi connectivity index (χ1v) is 6.80. The Hall–Kier alpha value is -0.930. The molecule has 1 fully saturated rings. The summed E-state index contributed by atoms with van der Waals surface area (Å²) in [6.45, 7) is 0.840. The molecule has 1 saturated carbocycles. The minimum absolute atomic E-state index is 0.204. The van der Waals surface area contributed by atoms with Crippen LogP contribution >= 0.6 is 0 Å². The minimum atomic E-state index is -0.207. The molecule has 1 aromatic rings. The maximum Gasteiger partial charge on any atom is 0.128 e. The lowest BCUT2D eigenvalue weighted by Crippen LogP contribution is -2.43. The lowest BCUT2D eigenvalue weighted by Gasteiger charge is -2.27. The third-order valence-corrected chi connectivity index (χ3v) is 3.70. The summed E-state index contributed by atoms with van der Waals surface area (Å²) in [5, 5.41) is 0. The molecular formula is C15H22FNO. The van der Waals surface area contributed by atoms with E-state index in [1.165, 1.54) is 31.7 Å². The molecule has 0 saturated heterocycles. The number of hydrogen-bond acceptors (Lipinski definition) is 2. The Kier molecular flexibility index (Phi) is 4.72. The molecule has 100 valence electrons. The lowest BCUT2D eigenvalue weighted by molar-refractivity contribution is 0.0651. The summed E-state index contributed by atoms with van der Waals surface area (Å²) in [4.78, 5) is 0. The quantitative estimate of drug-likeness (QED) is 0.832. The summed E-state index contributed by atoms with van der Waals surface area (Å²) in [6.07, 6.45) is 6.94. The van der Waals surface area contributed by atoms with E-state index in [2.05, 4.69) is 0 Å². The minimum Gasteiger partial charge on any atom is -0.375 e. The highest BCUT2D eigenvalue weighted by molar-refractivity contribution is 5.16. The first-order valence-electron chi connectivity index (χ1n) is 6.80. The number of ether oxygens (including phenoxy) is 1. The molecule has 0 heterocycles. The van der Waals surface area contributed by atoms with Crippen LogP contribution in [0.25, 0.3) is 0 Å². The molecule has 2 rings (SSSR count). The molecule has 0 bridgehead atoms. The Morgan fingerprint density at radius 1 is 1.11 bits per heavy atom. The average molecular weight is 251 g/mol. The summed E-state index contributed by atoms with van der Waals surface area (Å²) >= 11 is 0.